The monoisotopic (exact) mass is 1450 g/mol. The van der Waals surface area contributed by atoms with Gasteiger partial charge < -0.3 is 39.5 Å². The molecule has 0 radical (unpaired) electrons. The first-order valence-corrected chi connectivity index (χ1v) is 24.9. The summed E-state index contributed by atoms with van der Waals surface area (Å²) in [5, 5.41) is 30.4. The number of nitro benzene ring substituents is 2. The number of benzene rings is 5. The van der Waals surface area contributed by atoms with Crippen LogP contribution in [0.15, 0.2) is 71.4 Å². The van der Waals surface area contributed by atoms with Crippen LogP contribution in [0.5, 0.6) is 0 Å². The maximum absolute atomic E-state index is 13.9. The number of aliphatic hydroxyl groups excluding tert-OH is 1. The number of methoxy groups -OCH3 is 4. The quantitative estimate of drug-likeness (QED) is 0.0333. The minimum Gasteiger partial charge on any atom is -0.465 e. The van der Waals surface area contributed by atoms with Crippen LogP contribution >= 0.6 is 79.6 Å². The maximum atomic E-state index is 13.9. The van der Waals surface area contributed by atoms with E-state index in [2.05, 4.69) is 114 Å². The molecule has 0 spiro atoms. The molecule has 7 aromatic rings. The van der Waals surface area contributed by atoms with E-state index in [1.54, 1.807) is 20.8 Å². The number of anilines is 1. The molecule has 0 aliphatic heterocycles. The fraction of sp³-hybridized carbons (Fsp3) is 0.196. The van der Waals surface area contributed by atoms with Crippen molar-refractivity contribution in [2.75, 3.05) is 34.2 Å². The van der Waals surface area contributed by atoms with Gasteiger partial charge in [-0.2, -0.15) is 4.39 Å². The third-order valence-corrected chi connectivity index (χ3v) is 12.4. The topological polar surface area (TPSA) is 311 Å². The Kier molecular flexibility index (Phi) is 24.2. The molecule has 2 aromatic heterocycles. The number of fused-ring (bicyclic) bond motifs is 2. The van der Waals surface area contributed by atoms with E-state index >= 15 is 0 Å². The van der Waals surface area contributed by atoms with Crippen molar-refractivity contribution in [2.24, 2.45) is 0 Å². The lowest BCUT2D eigenvalue weighted by Crippen LogP contribution is -2.27. The average Bonchev–Trinajstić information content (AvgIpc) is 4.03. The Morgan fingerprint density at radius 3 is 1.52 bits per heavy atom. The number of imidazole rings is 2. The van der Waals surface area contributed by atoms with Gasteiger partial charge in [0.05, 0.1) is 62.3 Å². The van der Waals surface area contributed by atoms with Crippen molar-refractivity contribution in [3.63, 3.8) is 0 Å². The number of H-pyrrole nitrogens is 1. The lowest BCUT2D eigenvalue weighted by atomic mass is 10.1. The Balaban J connectivity index is 0.000000264. The lowest BCUT2D eigenvalue weighted by Gasteiger charge is -2.19. The second-order valence-electron chi connectivity index (χ2n) is 15.7. The van der Waals surface area contributed by atoms with Gasteiger partial charge in [-0.3, -0.25) is 20.2 Å². The maximum Gasteiger partial charge on any atom is 0.420 e. The zero-order valence-corrected chi connectivity index (χ0v) is 49.3. The van der Waals surface area contributed by atoms with Crippen molar-refractivity contribution in [2.45, 2.75) is 33.0 Å². The van der Waals surface area contributed by atoms with Gasteiger partial charge in [0.1, 0.15) is 94.8 Å². The van der Waals surface area contributed by atoms with E-state index in [4.69, 9.17) is 10.5 Å². The summed E-state index contributed by atoms with van der Waals surface area (Å²) in [6.45, 7) is 4.65. The number of carbonyl (C=O) groups is 5. The Morgan fingerprint density at radius 2 is 1.04 bits per heavy atom. The Hall–Kier alpha value is -7.14. The third-order valence-electron chi connectivity index (χ3n) is 9.50. The van der Waals surface area contributed by atoms with E-state index in [9.17, 15) is 80.0 Å². The molecule has 428 valence electrons. The van der Waals surface area contributed by atoms with Crippen LogP contribution in [0.4, 0.5) is 52.6 Å². The highest BCUT2D eigenvalue weighted by Crippen LogP contribution is 2.36. The number of nitrogens with two attached hydrogens (primary N) is 1. The van der Waals surface area contributed by atoms with E-state index in [1.807, 2.05) is 0 Å². The predicted octanol–water partition coefficient (Wildman–Crippen LogP) is 12.3. The molecule has 4 N–H and O–H groups in total. The smallest absolute Gasteiger partial charge is 0.420 e. The molecule has 7 rings (SSSR count). The standard InChI is InChI=1S/C13H14BrFN2O3.C9H6BrFN2O2.C8H4BrF2NO4.C8H5BrF2O2.C8H6BrFN2O4/c1-13(2,3)20-12(19)17-6-16-10-8(14)4-9(15)7(5-18)11(10)17;1-15-9(14)6-5(11)2-4(10)7-8(6)13-3-12-7;1-16-8(13)5-4(10)2-3(9)7(6(5)11)12(14)15;1-13-8(12)7-5(10)2-4(9)3-6(7)11;1-16-8(13)5-4(10)2-3(9)7(6(5)11)12(14)15/h4,6,18H,5H2,1-3H3;2-3H,1H3,(H,12,13);2H,1H3;2-3H,1H3;2H,11H2,1H3. The first-order chi connectivity index (χ1) is 37.2. The summed E-state index contributed by atoms with van der Waals surface area (Å²) in [5.41, 5.74) is 1.41. The zero-order chi connectivity index (χ0) is 61.0. The number of nitrogens with zero attached hydrogens (tertiary/aromatic N) is 5. The van der Waals surface area contributed by atoms with Gasteiger partial charge in [0.2, 0.25) is 5.82 Å². The molecule has 0 bridgehead atoms. The van der Waals surface area contributed by atoms with E-state index in [-0.39, 0.29) is 30.1 Å². The predicted molar refractivity (Wildman–Crippen MR) is 284 cm³/mol. The van der Waals surface area contributed by atoms with Gasteiger partial charge in [0, 0.05) is 19.0 Å². The Labute approximate surface area is 486 Å². The van der Waals surface area contributed by atoms with E-state index in [1.165, 1.54) is 31.9 Å². The molecule has 0 fully saturated rings. The molecule has 0 amide bonds. The highest BCUT2D eigenvalue weighted by molar-refractivity contribution is 9.11. The highest BCUT2D eigenvalue weighted by atomic mass is 79.9. The molecule has 34 heteroatoms. The molecular formula is C46H35Br5F7N7O15. The first kappa shape index (κ1) is 67.1. The van der Waals surface area contributed by atoms with Gasteiger partial charge in [-0.1, -0.05) is 15.9 Å². The summed E-state index contributed by atoms with van der Waals surface area (Å²) in [6, 6.07) is 5.81. The molecule has 0 aliphatic carbocycles. The molecule has 0 atom stereocenters. The molecule has 22 nitrogen and oxygen atoms in total. The number of hydrogen-bond acceptors (Lipinski definition) is 18. The molecule has 0 aliphatic rings. The van der Waals surface area contributed by atoms with Crippen LogP contribution in [-0.4, -0.2) is 98.5 Å². The minimum absolute atomic E-state index is 0.00607. The van der Waals surface area contributed by atoms with Gasteiger partial charge in [0.25, 0.3) is 0 Å². The summed E-state index contributed by atoms with van der Waals surface area (Å²) in [4.78, 5) is 86.4. The van der Waals surface area contributed by atoms with Crippen molar-refractivity contribution in [1.29, 1.82) is 0 Å². The summed E-state index contributed by atoms with van der Waals surface area (Å²) in [5.74, 6) is -11.1. The third kappa shape index (κ3) is 16.0. The second-order valence-corrected chi connectivity index (χ2v) is 20.0. The SMILES string of the molecule is CC(C)(C)OC(=O)n1cnc2c(Br)cc(F)c(CO)c21.COC(=O)c1c(F)cc(Br)c([N+](=O)[O-])c1F.COC(=O)c1c(F)cc(Br)c([N+](=O)[O-])c1N.COC(=O)c1c(F)cc(Br)c2nc[nH]c12.COC(=O)c1c(F)cc(Br)cc1F. The van der Waals surface area contributed by atoms with Crippen molar-refractivity contribution >= 4 is 149 Å². The van der Waals surface area contributed by atoms with Crippen molar-refractivity contribution < 1.29 is 93.3 Å². The number of ether oxygens (including phenoxy) is 5. The van der Waals surface area contributed by atoms with E-state index in [0.29, 0.717) is 31.6 Å². The Bertz CT molecular complexity index is 3470. The number of carbonyl (C=O) groups excluding carboxylic acids is 5. The molecule has 0 saturated carbocycles. The molecule has 5 aromatic carbocycles. The lowest BCUT2D eigenvalue weighted by molar-refractivity contribution is -0.388. The summed E-state index contributed by atoms with van der Waals surface area (Å²) in [6.07, 6.45) is 1.97. The van der Waals surface area contributed by atoms with Crippen LogP contribution in [0, 0.1) is 60.9 Å². The van der Waals surface area contributed by atoms with Crippen LogP contribution < -0.4 is 5.73 Å². The molecule has 0 saturated heterocycles. The summed E-state index contributed by atoms with van der Waals surface area (Å²) in [7, 11) is 4.19. The number of aromatic amines is 1. The normalized spacial score (nSPS) is 10.6. The number of nitrogens with one attached hydrogen (secondary N) is 1. The fourth-order valence-corrected chi connectivity index (χ4v) is 8.60. The van der Waals surface area contributed by atoms with Gasteiger partial charge in [-0.05, 0) is 121 Å². The van der Waals surface area contributed by atoms with Gasteiger partial charge >= 0.3 is 41.3 Å². The van der Waals surface area contributed by atoms with Crippen LogP contribution in [0.2, 0.25) is 0 Å². The average molecular weight is 1460 g/mol. The molecular weight excluding hydrogens is 1420 g/mol. The molecule has 2 heterocycles. The number of aliphatic hydroxyl groups is 1. The number of halogens is 12. The van der Waals surface area contributed by atoms with Crippen LogP contribution in [-0.2, 0) is 30.3 Å². The summed E-state index contributed by atoms with van der Waals surface area (Å²) < 4.78 is 117. The van der Waals surface area contributed by atoms with Crippen LogP contribution in [0.1, 0.15) is 67.8 Å². The van der Waals surface area contributed by atoms with Gasteiger partial charge in [-0.15, -0.1) is 0 Å². The largest absolute Gasteiger partial charge is 0.465 e. The van der Waals surface area contributed by atoms with Crippen molar-refractivity contribution in [1.82, 2.24) is 19.5 Å². The van der Waals surface area contributed by atoms with Gasteiger partial charge in [-0.25, -0.2) is 64.9 Å². The number of nitrogen functional groups attached to an aromatic ring is 1. The number of aromatic nitrogens is 4. The zero-order valence-electron chi connectivity index (χ0n) is 41.3. The summed E-state index contributed by atoms with van der Waals surface area (Å²) >= 11 is 14.6. The van der Waals surface area contributed by atoms with Crippen molar-refractivity contribution in [3.05, 3.63) is 160 Å². The van der Waals surface area contributed by atoms with Crippen LogP contribution in [0.25, 0.3) is 22.1 Å². The number of nitro groups is 2. The number of esters is 4. The number of hydrogen-bond donors (Lipinski definition) is 3. The van der Waals surface area contributed by atoms with Crippen molar-refractivity contribution in [3.8, 4) is 0 Å². The van der Waals surface area contributed by atoms with E-state index in [0.717, 1.165) is 44.1 Å². The fourth-order valence-electron chi connectivity index (χ4n) is 6.13. The highest BCUT2D eigenvalue weighted by Gasteiger charge is 2.31. The van der Waals surface area contributed by atoms with Gasteiger partial charge in [0.15, 0.2) is 0 Å². The molecule has 0 unspecified atom stereocenters. The van der Waals surface area contributed by atoms with Crippen LogP contribution in [0.3, 0.4) is 0 Å². The molecule has 80 heavy (non-hydrogen) atoms. The first-order valence-electron chi connectivity index (χ1n) is 21.0. The minimum atomic E-state index is -1.57. The van der Waals surface area contributed by atoms with E-state index < -0.39 is 126 Å². The second kappa shape index (κ2) is 28.8. The Morgan fingerprint density at radius 1 is 0.625 bits per heavy atom. The number of rotatable bonds is 7.